The summed E-state index contributed by atoms with van der Waals surface area (Å²) in [6, 6.07) is 2.36. The molecule has 0 bridgehead atoms. The van der Waals surface area contributed by atoms with Crippen LogP contribution in [0.3, 0.4) is 0 Å². The van der Waals surface area contributed by atoms with Crippen LogP contribution in [0.25, 0.3) is 0 Å². The van der Waals surface area contributed by atoms with Gasteiger partial charge in [-0.2, -0.15) is 0 Å². The molecular formula is C20H22O2. The first-order valence-corrected chi connectivity index (χ1v) is 8.33. The molecule has 0 aromatic heterocycles. The fraction of sp³-hybridized carbons (Fsp3) is 0.550. The van der Waals surface area contributed by atoms with Gasteiger partial charge in [-0.3, -0.25) is 4.79 Å². The van der Waals surface area contributed by atoms with Crippen molar-refractivity contribution < 1.29 is 9.53 Å². The van der Waals surface area contributed by atoms with E-state index in [1.54, 1.807) is 0 Å². The number of allylic oxidation sites excluding steroid dienone is 2. The summed E-state index contributed by atoms with van der Waals surface area (Å²) in [5.74, 6) is 0.526. The van der Waals surface area contributed by atoms with Gasteiger partial charge in [-0.05, 0) is 54.2 Å². The van der Waals surface area contributed by atoms with Gasteiger partial charge in [0.15, 0.2) is 5.78 Å². The summed E-state index contributed by atoms with van der Waals surface area (Å²) in [6.07, 6.45) is 3.27. The Morgan fingerprint density at radius 3 is 2.68 bits per heavy atom. The Morgan fingerprint density at radius 2 is 1.95 bits per heavy atom. The van der Waals surface area contributed by atoms with Gasteiger partial charge in [-0.25, -0.2) is 0 Å². The lowest BCUT2D eigenvalue weighted by molar-refractivity contribution is -0.119. The monoisotopic (exact) mass is 294 g/mol. The van der Waals surface area contributed by atoms with Gasteiger partial charge >= 0.3 is 0 Å². The molecular weight excluding hydrogens is 272 g/mol. The maximum atomic E-state index is 12.7. The lowest BCUT2D eigenvalue weighted by Crippen LogP contribution is -2.25. The molecule has 0 radical (unpaired) electrons. The molecule has 1 aliphatic heterocycles. The third kappa shape index (κ3) is 1.30. The molecule has 1 aromatic rings. The summed E-state index contributed by atoms with van der Waals surface area (Å²) < 4.78 is 6.07. The maximum Gasteiger partial charge on any atom is 0.164 e. The van der Waals surface area contributed by atoms with E-state index in [4.69, 9.17) is 4.74 Å². The first kappa shape index (κ1) is 13.1. The normalized spacial score (nSPS) is 39.2. The summed E-state index contributed by atoms with van der Waals surface area (Å²) in [6.45, 7) is 11.0. The third-order valence-electron chi connectivity index (χ3n) is 6.55. The lowest BCUT2D eigenvalue weighted by Gasteiger charge is -2.20. The van der Waals surface area contributed by atoms with E-state index in [9.17, 15) is 4.79 Å². The zero-order valence-electron chi connectivity index (χ0n) is 13.9. The van der Waals surface area contributed by atoms with Crippen molar-refractivity contribution in [2.75, 3.05) is 0 Å². The minimum absolute atomic E-state index is 0.00450. The first-order valence-electron chi connectivity index (χ1n) is 8.33. The minimum atomic E-state index is -0.136. The number of hydrogen-bond acceptors (Lipinski definition) is 2. The Balaban J connectivity index is 1.79. The van der Waals surface area contributed by atoms with E-state index >= 15 is 0 Å². The predicted octanol–water partition coefficient (Wildman–Crippen LogP) is 3.58. The molecule has 22 heavy (non-hydrogen) atoms. The molecule has 0 spiro atoms. The molecule has 0 N–H and O–H groups in total. The number of ether oxygens (including phenoxy) is 1. The van der Waals surface area contributed by atoms with E-state index in [1.807, 2.05) is 6.92 Å². The van der Waals surface area contributed by atoms with E-state index in [0.717, 1.165) is 12.0 Å². The Bertz CT molecular complexity index is 798. The van der Waals surface area contributed by atoms with Crippen molar-refractivity contribution in [2.45, 2.75) is 64.1 Å². The highest BCUT2D eigenvalue weighted by Gasteiger charge is 2.64. The van der Waals surface area contributed by atoms with Gasteiger partial charge in [-0.15, -0.1) is 0 Å². The molecule has 1 fully saturated rings. The number of carbonyl (C=O) groups excluding carboxylic acids is 1. The fourth-order valence-electron chi connectivity index (χ4n) is 5.28. The van der Waals surface area contributed by atoms with Crippen molar-refractivity contribution in [1.82, 2.24) is 0 Å². The number of rotatable bonds is 0. The average molecular weight is 294 g/mol. The van der Waals surface area contributed by atoms with E-state index in [0.29, 0.717) is 5.78 Å². The zero-order chi connectivity index (χ0) is 15.6. The Hall–Kier alpha value is -1.41. The molecule has 1 heterocycles. The minimum Gasteiger partial charge on any atom is -0.365 e. The van der Waals surface area contributed by atoms with Gasteiger partial charge in [0, 0.05) is 17.8 Å². The quantitative estimate of drug-likeness (QED) is 0.685. The largest absolute Gasteiger partial charge is 0.365 e. The summed E-state index contributed by atoms with van der Waals surface area (Å²) in [5.41, 5.74) is 8.28. The van der Waals surface area contributed by atoms with Crippen LogP contribution in [0.4, 0.5) is 0 Å². The fourth-order valence-corrected chi connectivity index (χ4v) is 5.28. The van der Waals surface area contributed by atoms with E-state index in [2.05, 4.69) is 39.8 Å². The number of hydrogen-bond donors (Lipinski definition) is 0. The van der Waals surface area contributed by atoms with Gasteiger partial charge < -0.3 is 4.74 Å². The molecule has 4 atom stereocenters. The van der Waals surface area contributed by atoms with Crippen LogP contribution >= 0.6 is 0 Å². The van der Waals surface area contributed by atoms with Crippen LogP contribution in [-0.2, 0) is 21.4 Å². The van der Waals surface area contributed by atoms with Gasteiger partial charge in [0.2, 0.25) is 0 Å². The van der Waals surface area contributed by atoms with Crippen molar-refractivity contribution in [3.63, 3.8) is 0 Å². The smallest absolute Gasteiger partial charge is 0.164 e. The van der Waals surface area contributed by atoms with Crippen LogP contribution in [0.15, 0.2) is 17.7 Å². The molecule has 4 aliphatic rings. The van der Waals surface area contributed by atoms with Crippen LogP contribution in [0.5, 0.6) is 0 Å². The molecule has 3 aliphatic carbocycles. The highest BCUT2D eigenvalue weighted by Crippen LogP contribution is 2.61. The number of fused-ring (bicyclic) bond motifs is 7. The van der Waals surface area contributed by atoms with E-state index in [1.165, 1.54) is 27.8 Å². The van der Waals surface area contributed by atoms with Gasteiger partial charge in [0.25, 0.3) is 0 Å². The number of ketones is 1. The second-order valence-corrected chi connectivity index (χ2v) is 8.43. The van der Waals surface area contributed by atoms with Crippen molar-refractivity contribution >= 4 is 5.78 Å². The molecule has 5 rings (SSSR count). The lowest BCUT2D eigenvalue weighted by atomic mass is 9.83. The number of benzene rings is 1. The van der Waals surface area contributed by atoms with Gasteiger partial charge in [0.1, 0.15) is 0 Å². The first-order chi connectivity index (χ1) is 10.3. The molecule has 2 heteroatoms. The predicted molar refractivity (Wildman–Crippen MR) is 85.3 cm³/mol. The molecule has 1 saturated heterocycles. The van der Waals surface area contributed by atoms with E-state index < -0.39 is 0 Å². The molecule has 1 aromatic carbocycles. The summed E-state index contributed by atoms with van der Waals surface area (Å²) >= 11 is 0. The van der Waals surface area contributed by atoms with Crippen molar-refractivity contribution in [3.8, 4) is 0 Å². The van der Waals surface area contributed by atoms with Crippen LogP contribution in [0.1, 0.15) is 61.4 Å². The molecule has 114 valence electrons. The topological polar surface area (TPSA) is 29.6 Å². The Kier molecular flexibility index (Phi) is 2.02. The SMILES string of the molecule is CC1=CC2c3c(C)cc4c(c3CC3(C)OC3C2C1=O)C4(C)C. The van der Waals surface area contributed by atoms with Gasteiger partial charge in [-0.1, -0.05) is 26.0 Å². The summed E-state index contributed by atoms with van der Waals surface area (Å²) in [7, 11) is 0. The molecule has 4 unspecified atom stereocenters. The molecule has 0 amide bonds. The summed E-state index contributed by atoms with van der Waals surface area (Å²) in [5, 5.41) is 0. The number of epoxide rings is 1. The highest BCUT2D eigenvalue weighted by atomic mass is 16.6. The zero-order valence-corrected chi connectivity index (χ0v) is 13.9. The third-order valence-corrected chi connectivity index (χ3v) is 6.55. The second-order valence-electron chi connectivity index (χ2n) is 8.43. The maximum absolute atomic E-state index is 12.7. The van der Waals surface area contributed by atoms with Crippen molar-refractivity contribution in [2.24, 2.45) is 5.92 Å². The number of aryl methyl sites for hydroxylation is 1. The van der Waals surface area contributed by atoms with Crippen molar-refractivity contribution in [1.29, 1.82) is 0 Å². The number of carbonyl (C=O) groups is 1. The average Bonchev–Trinajstić information content (AvgIpc) is 3.18. The van der Waals surface area contributed by atoms with Crippen molar-refractivity contribution in [3.05, 3.63) is 45.5 Å². The molecule has 0 saturated carbocycles. The molecule has 2 nitrogen and oxygen atoms in total. The summed E-state index contributed by atoms with van der Waals surface area (Å²) in [4.78, 5) is 12.7. The van der Waals surface area contributed by atoms with Gasteiger partial charge in [0.05, 0.1) is 17.6 Å². The van der Waals surface area contributed by atoms with Crippen LogP contribution in [-0.4, -0.2) is 17.5 Å². The highest BCUT2D eigenvalue weighted by molar-refractivity contribution is 6.01. The number of Topliss-reactive ketones (excluding diaryl/α,β-unsaturated/α-hetero) is 1. The standard InChI is InChI=1S/C20H22O2/c1-9-7-13-16(19(13,3)4)12-8-20(5)18(22-20)15-11(14(9)12)6-10(2)17(15)21/h6-7,11,15,18H,8H2,1-5H3. The second kappa shape index (κ2) is 3.41. The Morgan fingerprint density at radius 1 is 1.23 bits per heavy atom. The van der Waals surface area contributed by atoms with Crippen LogP contribution in [0, 0.1) is 12.8 Å². The Labute approximate surface area is 131 Å². The van der Waals surface area contributed by atoms with Crippen LogP contribution < -0.4 is 0 Å². The van der Waals surface area contributed by atoms with E-state index in [-0.39, 0.29) is 29.0 Å². The van der Waals surface area contributed by atoms with Crippen LogP contribution in [0.2, 0.25) is 0 Å².